The summed E-state index contributed by atoms with van der Waals surface area (Å²) in [6.45, 7) is 5.14. The van der Waals surface area contributed by atoms with E-state index in [1.165, 1.54) is 37.6 Å². The summed E-state index contributed by atoms with van der Waals surface area (Å²) in [5, 5.41) is 13.9. The summed E-state index contributed by atoms with van der Waals surface area (Å²) in [4.78, 5) is 24.3. The first-order valence-electron chi connectivity index (χ1n) is 12.4. The number of aliphatic hydroxyl groups is 1. The lowest BCUT2D eigenvalue weighted by molar-refractivity contribution is -0.149. The highest BCUT2D eigenvalue weighted by Gasteiger charge is 2.32. The molecule has 2 aromatic carbocycles. The van der Waals surface area contributed by atoms with Crippen LogP contribution in [0.3, 0.4) is 0 Å². The molecule has 2 N–H and O–H groups in total. The van der Waals surface area contributed by atoms with Crippen LogP contribution in [0.2, 0.25) is 0 Å². The molecule has 0 radical (unpaired) electrons. The average molecular weight is 551 g/mol. The van der Waals surface area contributed by atoms with Gasteiger partial charge in [0.2, 0.25) is 10.0 Å². The number of carbonyl (C=O) groups is 2. The predicted octanol–water partition coefficient (Wildman–Crippen LogP) is 2.99. The second-order valence-corrected chi connectivity index (χ2v) is 11.0. The monoisotopic (exact) mass is 550 g/mol. The predicted molar refractivity (Wildman–Crippen MR) is 142 cm³/mol. The number of nitrogens with zero attached hydrogens (tertiary/aromatic N) is 1. The minimum Gasteiger partial charge on any atom is -0.497 e. The van der Waals surface area contributed by atoms with Crippen molar-refractivity contribution in [1.29, 1.82) is 0 Å². The van der Waals surface area contributed by atoms with E-state index in [1.807, 2.05) is 44.2 Å². The molecule has 10 nitrogen and oxygen atoms in total. The quantitative estimate of drug-likeness (QED) is 0.343. The van der Waals surface area contributed by atoms with Gasteiger partial charge in [0.05, 0.1) is 31.3 Å². The Bertz CT molecular complexity index is 1130. The van der Waals surface area contributed by atoms with Crippen LogP contribution in [-0.2, 0) is 30.7 Å². The van der Waals surface area contributed by atoms with E-state index in [0.717, 1.165) is 12.0 Å². The van der Waals surface area contributed by atoms with Gasteiger partial charge in [0, 0.05) is 13.1 Å². The van der Waals surface area contributed by atoms with Crippen LogP contribution >= 0.6 is 0 Å². The van der Waals surface area contributed by atoms with E-state index in [1.54, 1.807) is 12.1 Å². The number of hydrogen-bond donors (Lipinski definition) is 2. The fourth-order valence-corrected chi connectivity index (χ4v) is 5.27. The number of ether oxygens (including phenoxy) is 3. The summed E-state index contributed by atoms with van der Waals surface area (Å²) in [5.41, 5.74) is 0.810. The van der Waals surface area contributed by atoms with E-state index in [4.69, 9.17) is 9.47 Å². The molecular weight excluding hydrogens is 512 g/mol. The van der Waals surface area contributed by atoms with Crippen molar-refractivity contribution in [2.45, 2.75) is 56.8 Å². The lowest BCUT2D eigenvalue weighted by Gasteiger charge is -2.31. The zero-order valence-corrected chi connectivity index (χ0v) is 23.3. The van der Waals surface area contributed by atoms with E-state index in [0.29, 0.717) is 5.75 Å². The van der Waals surface area contributed by atoms with Crippen molar-refractivity contribution in [2.75, 3.05) is 27.3 Å². The van der Waals surface area contributed by atoms with Crippen LogP contribution in [0.15, 0.2) is 59.5 Å². The minimum absolute atomic E-state index is 0.0154. The lowest BCUT2D eigenvalue weighted by atomic mass is 10.0. The minimum atomic E-state index is -3.98. The Balaban J connectivity index is 2.32. The van der Waals surface area contributed by atoms with Gasteiger partial charge in [-0.15, -0.1) is 0 Å². The third-order valence-corrected chi connectivity index (χ3v) is 8.03. The first kappa shape index (κ1) is 31.1. The Morgan fingerprint density at radius 2 is 1.63 bits per heavy atom. The summed E-state index contributed by atoms with van der Waals surface area (Å²) in [5.74, 6) is -0.198. The van der Waals surface area contributed by atoms with Crippen LogP contribution in [0.4, 0.5) is 4.79 Å². The maximum Gasteiger partial charge on any atom is 0.408 e. The number of benzene rings is 2. The van der Waals surface area contributed by atoms with Crippen LogP contribution in [0, 0.1) is 5.92 Å². The Morgan fingerprint density at radius 1 is 1.00 bits per heavy atom. The van der Waals surface area contributed by atoms with Gasteiger partial charge in [0.1, 0.15) is 5.75 Å². The summed E-state index contributed by atoms with van der Waals surface area (Å²) in [6, 6.07) is 14.2. The molecular formula is C27H38N2O8S. The zero-order valence-electron chi connectivity index (χ0n) is 22.5. The molecule has 0 heterocycles. The molecule has 0 saturated carbocycles. The number of alkyl carbamates (subject to hydrolysis) is 1. The molecule has 0 aromatic heterocycles. The van der Waals surface area contributed by atoms with E-state index in [9.17, 15) is 23.1 Å². The molecule has 0 spiro atoms. The summed E-state index contributed by atoms with van der Waals surface area (Å²) >= 11 is 0. The number of sulfonamides is 1. The number of carbonyl (C=O) groups excluding carboxylic acids is 2. The SMILES string of the molecule is CC[C@H](C)CN(C[C@@H](O)[C@H](Cc1ccccc1)NC(=O)O[C@@H](C)C(=O)OC)S(=O)(=O)c1ccc(OC)cc1. The molecule has 0 aliphatic heterocycles. The van der Waals surface area contributed by atoms with Crippen molar-refractivity contribution < 1.29 is 37.3 Å². The van der Waals surface area contributed by atoms with Crippen LogP contribution in [-0.4, -0.2) is 75.5 Å². The maximum atomic E-state index is 13.6. The summed E-state index contributed by atoms with van der Waals surface area (Å²) in [7, 11) is -1.31. The first-order chi connectivity index (χ1) is 18.0. The highest BCUT2D eigenvalue weighted by atomic mass is 32.2. The third kappa shape index (κ3) is 9.00. The molecule has 0 saturated heterocycles. The Morgan fingerprint density at radius 3 is 2.18 bits per heavy atom. The second kappa shape index (κ2) is 14.7. The van der Waals surface area contributed by atoms with Crippen LogP contribution < -0.4 is 10.1 Å². The molecule has 1 amide bonds. The molecule has 0 fully saturated rings. The largest absolute Gasteiger partial charge is 0.497 e. The van der Waals surface area contributed by atoms with Crippen molar-refractivity contribution in [1.82, 2.24) is 9.62 Å². The molecule has 4 atom stereocenters. The summed E-state index contributed by atoms with van der Waals surface area (Å²) in [6.07, 6.45) is -2.47. The van der Waals surface area contributed by atoms with Crippen molar-refractivity contribution in [3.63, 3.8) is 0 Å². The van der Waals surface area contributed by atoms with E-state index in [-0.39, 0.29) is 30.3 Å². The van der Waals surface area contributed by atoms with Gasteiger partial charge in [-0.3, -0.25) is 0 Å². The first-order valence-corrected chi connectivity index (χ1v) is 13.9. The van der Waals surface area contributed by atoms with Crippen molar-refractivity contribution >= 4 is 22.1 Å². The number of esters is 1. The van der Waals surface area contributed by atoms with Crippen LogP contribution in [0.25, 0.3) is 0 Å². The fraction of sp³-hybridized carbons (Fsp3) is 0.481. The van der Waals surface area contributed by atoms with Gasteiger partial charge >= 0.3 is 12.1 Å². The molecule has 2 rings (SSSR count). The number of amides is 1. The van der Waals surface area contributed by atoms with Gasteiger partial charge in [-0.05, 0) is 49.1 Å². The molecule has 2 aromatic rings. The topological polar surface area (TPSA) is 131 Å². The van der Waals surface area contributed by atoms with E-state index >= 15 is 0 Å². The molecule has 0 aliphatic rings. The van der Waals surface area contributed by atoms with Gasteiger partial charge in [-0.2, -0.15) is 4.31 Å². The normalized spacial score (nSPS) is 14.7. The molecule has 38 heavy (non-hydrogen) atoms. The third-order valence-electron chi connectivity index (χ3n) is 6.18. The van der Waals surface area contributed by atoms with E-state index in [2.05, 4.69) is 10.1 Å². The van der Waals surface area contributed by atoms with Crippen LogP contribution in [0.1, 0.15) is 32.8 Å². The zero-order chi connectivity index (χ0) is 28.3. The fourth-order valence-electron chi connectivity index (χ4n) is 3.69. The summed E-state index contributed by atoms with van der Waals surface area (Å²) < 4.78 is 43.2. The number of aliphatic hydroxyl groups excluding tert-OH is 1. The maximum absolute atomic E-state index is 13.6. The highest BCUT2D eigenvalue weighted by molar-refractivity contribution is 7.89. The van der Waals surface area contributed by atoms with Gasteiger partial charge in [0.25, 0.3) is 0 Å². The van der Waals surface area contributed by atoms with Crippen molar-refractivity contribution in [3.8, 4) is 5.75 Å². The van der Waals surface area contributed by atoms with Gasteiger partial charge < -0.3 is 24.6 Å². The lowest BCUT2D eigenvalue weighted by Crippen LogP contribution is -2.51. The van der Waals surface area contributed by atoms with Gasteiger partial charge in [-0.1, -0.05) is 50.6 Å². The smallest absolute Gasteiger partial charge is 0.408 e. The molecule has 210 valence electrons. The molecule has 0 bridgehead atoms. The highest BCUT2D eigenvalue weighted by Crippen LogP contribution is 2.22. The van der Waals surface area contributed by atoms with Crippen molar-refractivity contribution in [3.05, 3.63) is 60.2 Å². The van der Waals surface area contributed by atoms with Gasteiger partial charge in [0.15, 0.2) is 6.10 Å². The van der Waals surface area contributed by atoms with Crippen molar-refractivity contribution in [2.24, 2.45) is 5.92 Å². The number of hydrogen-bond acceptors (Lipinski definition) is 8. The Kier molecular flexibility index (Phi) is 12.0. The molecule has 11 heteroatoms. The second-order valence-electron chi connectivity index (χ2n) is 9.09. The number of methoxy groups -OCH3 is 2. The van der Waals surface area contributed by atoms with Crippen LogP contribution in [0.5, 0.6) is 5.75 Å². The number of nitrogens with one attached hydrogen (secondary N) is 1. The Hall–Kier alpha value is -3.15. The number of rotatable bonds is 14. The molecule has 0 aliphatic carbocycles. The standard InChI is InChI=1S/C27H38N2O8S/c1-6-19(2)17-29(38(33,34)23-14-12-22(35-4)13-15-23)18-25(30)24(16-21-10-8-7-9-11-21)28-27(32)37-20(3)26(31)36-5/h7-15,19-20,24-25,30H,6,16-18H2,1-5H3,(H,28,32)/t19-,20-,24-,25+/m0/s1. The average Bonchev–Trinajstić information content (AvgIpc) is 2.92. The Labute approximate surface area is 224 Å². The van der Waals surface area contributed by atoms with E-state index < -0.39 is 40.3 Å². The molecule has 0 unspecified atom stereocenters. The van der Waals surface area contributed by atoms with Gasteiger partial charge in [-0.25, -0.2) is 18.0 Å².